The lowest BCUT2D eigenvalue weighted by atomic mass is 10.2. The highest BCUT2D eigenvalue weighted by molar-refractivity contribution is 6.10. The number of aryl methyl sites for hydroxylation is 8. The van der Waals surface area contributed by atoms with Crippen molar-refractivity contribution in [1.29, 1.82) is 0 Å². The van der Waals surface area contributed by atoms with Crippen molar-refractivity contribution >= 4 is 93.1 Å². The summed E-state index contributed by atoms with van der Waals surface area (Å²) >= 11 is 0. The van der Waals surface area contributed by atoms with Gasteiger partial charge in [-0.25, -0.2) is 9.97 Å². The Bertz CT molecular complexity index is 3850. The summed E-state index contributed by atoms with van der Waals surface area (Å²) in [5.41, 5.74) is 3.63. The molecular weight excluding hydrogens is 1080 g/mol. The lowest BCUT2D eigenvalue weighted by Crippen LogP contribution is -2.28. The zero-order chi connectivity index (χ0) is 60.7. The van der Waals surface area contributed by atoms with Gasteiger partial charge in [-0.2, -0.15) is 0 Å². The van der Waals surface area contributed by atoms with Gasteiger partial charge in [0.2, 0.25) is 11.7 Å². The van der Waals surface area contributed by atoms with E-state index in [9.17, 15) is 43.2 Å². The van der Waals surface area contributed by atoms with Gasteiger partial charge >= 0.3 is 0 Å². The molecule has 84 heavy (non-hydrogen) atoms. The number of nitrogens with one attached hydrogen (secondary N) is 9. The molecule has 0 aliphatic heterocycles. The second kappa shape index (κ2) is 25.4. The topological polar surface area (TPSA) is 330 Å². The Morgan fingerprint density at radius 3 is 1.12 bits per heavy atom. The Hall–Kier alpha value is -10.7. The van der Waals surface area contributed by atoms with Gasteiger partial charge in [0.15, 0.2) is 11.6 Å². The summed E-state index contributed by atoms with van der Waals surface area (Å²) in [4.78, 5) is 129. The molecule has 440 valence electrons. The van der Waals surface area contributed by atoms with E-state index in [1.54, 1.807) is 124 Å². The van der Waals surface area contributed by atoms with E-state index in [1.165, 1.54) is 61.0 Å². The highest BCUT2D eigenvalue weighted by atomic mass is 16.2. The Balaban J connectivity index is 0.758. The van der Waals surface area contributed by atoms with Crippen LogP contribution in [0.15, 0.2) is 92.2 Å². The minimum atomic E-state index is -0.614. The predicted molar refractivity (Wildman–Crippen MR) is 312 cm³/mol. The monoisotopic (exact) mass is 1150 g/mol. The Kier molecular flexibility index (Phi) is 18.0. The third-order valence-corrected chi connectivity index (χ3v) is 13.3. The number of aromatic nitrogens is 10. The second-order valence-electron chi connectivity index (χ2n) is 20.3. The highest BCUT2D eigenvalue weighted by Gasteiger charge is 2.24. The van der Waals surface area contributed by atoms with Crippen LogP contribution < -0.4 is 47.9 Å². The van der Waals surface area contributed by atoms with Crippen LogP contribution in [-0.4, -0.2) is 138 Å². The third kappa shape index (κ3) is 14.2. The number of hydrogen-bond acceptors (Lipinski definition) is 12. The summed E-state index contributed by atoms with van der Waals surface area (Å²) in [5.74, 6) is -3.90. The first kappa shape index (κ1) is 59.4. The van der Waals surface area contributed by atoms with Crippen LogP contribution in [0.4, 0.5) is 39.9 Å². The van der Waals surface area contributed by atoms with Crippen molar-refractivity contribution in [2.24, 2.45) is 56.4 Å². The van der Waals surface area contributed by atoms with E-state index >= 15 is 0 Å². The van der Waals surface area contributed by atoms with Crippen molar-refractivity contribution < 1.29 is 43.2 Å². The molecule has 0 atom stereocenters. The van der Waals surface area contributed by atoms with Gasteiger partial charge in [0, 0.05) is 132 Å². The minimum absolute atomic E-state index is 0.0330. The van der Waals surface area contributed by atoms with Gasteiger partial charge in [0.25, 0.3) is 47.3 Å². The summed E-state index contributed by atoms with van der Waals surface area (Å²) in [6.45, 7) is 1.48. The minimum Gasteiger partial charge on any atom is -0.351 e. The van der Waals surface area contributed by atoms with E-state index in [2.05, 4.69) is 57.8 Å². The molecule has 0 radical (unpaired) electrons. The summed E-state index contributed by atoms with van der Waals surface area (Å²) in [6, 6.07) is 9.08. The fourth-order valence-corrected chi connectivity index (χ4v) is 9.07. The smallest absolute Gasteiger partial charge is 0.291 e. The zero-order valence-corrected chi connectivity index (χ0v) is 48.0. The largest absolute Gasteiger partial charge is 0.351 e. The number of hydrogen-bond donors (Lipinski definition) is 9. The standard InChI is InChI=1S/C55H66N20O9/c1-67(2)17-12-15-58-49(78)39-21-34(27-70(39)5)61-51(80)42-24-37(30-74(42)9)64-55(84)47-65-44(31-75(47)10)66-53(82)43-19-32(25-71(43)6)59-45(76)13-11-14-57-48(77)38-20-33(26-69(38)4)60-50(79)40-22-35(28-72(40)7)62-52(81)41-23-36(29-73(41)8)63-54(83)46-56-16-18-68(46)3/h16,18-31H,11-15,17H2,1-10H3,(H,57,77)(H,58,78)(H,59,76)(H,60,79)(H,61,80)(H,62,81)(H,63,83)(H,64,84)(H,66,82). The zero-order valence-electron chi connectivity index (χ0n) is 48.0. The first-order valence-electron chi connectivity index (χ1n) is 26.3. The van der Waals surface area contributed by atoms with Gasteiger partial charge in [0.1, 0.15) is 34.2 Å². The molecule has 8 rings (SSSR count). The molecule has 0 spiro atoms. The Morgan fingerprint density at radius 2 is 0.738 bits per heavy atom. The molecule has 8 heterocycles. The maximum absolute atomic E-state index is 13.4. The normalized spacial score (nSPS) is 11.1. The van der Waals surface area contributed by atoms with Crippen molar-refractivity contribution in [2.75, 3.05) is 70.9 Å². The Morgan fingerprint density at radius 1 is 0.393 bits per heavy atom. The molecular formula is C55H66N20O9. The van der Waals surface area contributed by atoms with E-state index in [1.807, 2.05) is 19.0 Å². The molecule has 29 heteroatoms. The number of rotatable bonds is 23. The first-order valence-corrected chi connectivity index (χ1v) is 26.3. The number of nitrogens with zero attached hydrogens (tertiary/aromatic N) is 11. The van der Waals surface area contributed by atoms with Gasteiger partial charge < -0.3 is 89.3 Å². The van der Waals surface area contributed by atoms with Crippen LogP contribution in [0.2, 0.25) is 0 Å². The third-order valence-electron chi connectivity index (χ3n) is 13.3. The van der Waals surface area contributed by atoms with Crippen molar-refractivity contribution in [3.05, 3.63) is 138 Å². The molecule has 0 aliphatic rings. The summed E-state index contributed by atoms with van der Waals surface area (Å²) < 4.78 is 12.3. The van der Waals surface area contributed by atoms with Gasteiger partial charge in [0.05, 0.1) is 34.1 Å². The van der Waals surface area contributed by atoms with Crippen LogP contribution in [0, 0.1) is 0 Å². The number of carbonyl (C=O) groups is 9. The number of amides is 9. The maximum atomic E-state index is 13.4. The van der Waals surface area contributed by atoms with Crippen LogP contribution in [0.1, 0.15) is 103 Å². The van der Waals surface area contributed by atoms with Crippen LogP contribution in [-0.2, 0) is 61.2 Å². The molecule has 0 unspecified atom stereocenters. The van der Waals surface area contributed by atoms with Crippen LogP contribution >= 0.6 is 0 Å². The van der Waals surface area contributed by atoms with Gasteiger partial charge in [-0.3, -0.25) is 43.2 Å². The lowest BCUT2D eigenvalue weighted by Gasteiger charge is -2.10. The average Bonchev–Trinajstić information content (AvgIpc) is 4.24. The summed E-state index contributed by atoms with van der Waals surface area (Å²) in [6.07, 6.45) is 15.2. The molecule has 0 aliphatic carbocycles. The van der Waals surface area contributed by atoms with Gasteiger partial charge in [-0.15, -0.1) is 0 Å². The maximum Gasteiger partial charge on any atom is 0.291 e. The van der Waals surface area contributed by atoms with Gasteiger partial charge in [-0.1, -0.05) is 0 Å². The second-order valence-corrected chi connectivity index (χ2v) is 20.3. The molecule has 0 fully saturated rings. The van der Waals surface area contributed by atoms with Crippen LogP contribution in [0.25, 0.3) is 0 Å². The fraction of sp³-hybridized carbons (Fsp3) is 0.291. The van der Waals surface area contributed by atoms with E-state index in [0.717, 1.165) is 13.0 Å². The quantitative estimate of drug-likeness (QED) is 0.0416. The molecule has 29 nitrogen and oxygen atoms in total. The van der Waals surface area contributed by atoms with Crippen molar-refractivity contribution in [3.8, 4) is 0 Å². The van der Waals surface area contributed by atoms with Crippen molar-refractivity contribution in [3.63, 3.8) is 0 Å². The van der Waals surface area contributed by atoms with Gasteiger partial charge in [-0.05, 0) is 69.9 Å². The molecule has 0 saturated heterocycles. The SMILES string of the molecule is CN(C)CCCNC(=O)c1cc(NC(=O)c2cc(NC(=O)c3nc(NC(=O)c4cc(NC(=O)CCCNC(=O)c5cc(NC(=O)c6cc(NC(=O)c7cc(NC(=O)c8nccn8C)cn7C)cn6C)cn5C)cn4C)cn3C)cn2C)cn1C. The van der Waals surface area contributed by atoms with E-state index in [4.69, 9.17) is 0 Å². The molecule has 8 aromatic heterocycles. The van der Waals surface area contributed by atoms with Crippen molar-refractivity contribution in [1.82, 2.24) is 62.0 Å². The number of carbonyl (C=O) groups excluding carboxylic acids is 9. The summed E-state index contributed by atoms with van der Waals surface area (Å²) in [7, 11) is 17.1. The molecule has 0 aromatic carbocycles. The van der Waals surface area contributed by atoms with E-state index in [0.29, 0.717) is 46.4 Å². The molecule has 0 saturated carbocycles. The first-order chi connectivity index (χ1) is 39.9. The van der Waals surface area contributed by atoms with Crippen molar-refractivity contribution in [2.45, 2.75) is 19.3 Å². The molecule has 9 N–H and O–H groups in total. The fourth-order valence-electron chi connectivity index (χ4n) is 9.07. The average molecular weight is 1150 g/mol. The number of imidazole rings is 2. The van der Waals surface area contributed by atoms with Crippen LogP contribution in [0.5, 0.6) is 0 Å². The summed E-state index contributed by atoms with van der Waals surface area (Å²) in [5, 5.41) is 24.9. The Labute approximate surface area is 481 Å². The van der Waals surface area contributed by atoms with E-state index < -0.39 is 41.4 Å². The predicted octanol–water partition coefficient (Wildman–Crippen LogP) is 3.53. The van der Waals surface area contributed by atoms with E-state index in [-0.39, 0.29) is 77.1 Å². The number of anilines is 7. The highest BCUT2D eigenvalue weighted by Crippen LogP contribution is 2.23. The molecule has 8 aromatic rings. The lowest BCUT2D eigenvalue weighted by molar-refractivity contribution is -0.116. The molecule has 0 bridgehead atoms. The van der Waals surface area contributed by atoms with Crippen LogP contribution in [0.3, 0.4) is 0 Å². The molecule has 9 amide bonds.